The lowest BCUT2D eigenvalue weighted by molar-refractivity contribution is 0.246. The highest BCUT2D eigenvalue weighted by Gasteiger charge is 2.20. The van der Waals surface area contributed by atoms with Gasteiger partial charge in [0.2, 0.25) is 5.88 Å². The number of pyridine rings is 2. The minimum absolute atomic E-state index is 0.295. The SMILES string of the molecule is CCOc1cc(C2=NCc3ccc(-c4ccn([C@H](CO)c5cc(F)cc(Br)c5)c(=O)c4)cc32)ccn1. The minimum Gasteiger partial charge on any atom is -0.478 e. The zero-order chi connectivity index (χ0) is 25.2. The van der Waals surface area contributed by atoms with Gasteiger partial charge in [0.05, 0.1) is 31.5 Å². The zero-order valence-corrected chi connectivity index (χ0v) is 21.1. The van der Waals surface area contributed by atoms with E-state index in [9.17, 15) is 14.3 Å². The van der Waals surface area contributed by atoms with E-state index < -0.39 is 11.9 Å². The Morgan fingerprint density at radius 3 is 2.67 bits per heavy atom. The molecule has 0 unspecified atom stereocenters. The van der Waals surface area contributed by atoms with Crippen LogP contribution in [0.1, 0.15) is 35.2 Å². The number of hydrogen-bond acceptors (Lipinski definition) is 5. The Bertz CT molecular complexity index is 1510. The van der Waals surface area contributed by atoms with Crippen molar-refractivity contribution in [2.75, 3.05) is 13.2 Å². The molecule has 0 amide bonds. The minimum atomic E-state index is -0.705. The first-order valence-electron chi connectivity index (χ1n) is 11.5. The van der Waals surface area contributed by atoms with Crippen LogP contribution in [0.3, 0.4) is 0 Å². The van der Waals surface area contributed by atoms with Gasteiger partial charge >= 0.3 is 0 Å². The highest BCUT2D eigenvalue weighted by molar-refractivity contribution is 9.10. The molecule has 1 aliphatic rings. The molecule has 0 spiro atoms. The van der Waals surface area contributed by atoms with Crippen molar-refractivity contribution < 1.29 is 14.2 Å². The van der Waals surface area contributed by atoms with Crippen LogP contribution in [-0.4, -0.2) is 33.6 Å². The second kappa shape index (κ2) is 10.2. The van der Waals surface area contributed by atoms with E-state index in [1.165, 1.54) is 22.8 Å². The quantitative estimate of drug-likeness (QED) is 0.347. The van der Waals surface area contributed by atoms with Gasteiger partial charge in [-0.3, -0.25) is 9.79 Å². The topological polar surface area (TPSA) is 76.7 Å². The lowest BCUT2D eigenvalue weighted by Gasteiger charge is -2.19. The molecular weight excluding hydrogens is 525 g/mol. The molecule has 2 aromatic heterocycles. The van der Waals surface area contributed by atoms with Crippen molar-refractivity contribution in [2.45, 2.75) is 19.5 Å². The molecule has 4 aromatic rings. The third kappa shape index (κ3) is 4.74. The van der Waals surface area contributed by atoms with Crippen LogP contribution in [0.25, 0.3) is 11.1 Å². The summed E-state index contributed by atoms with van der Waals surface area (Å²) in [5.74, 6) is 0.107. The van der Waals surface area contributed by atoms with Crippen LogP contribution in [0.4, 0.5) is 4.39 Å². The van der Waals surface area contributed by atoms with E-state index in [4.69, 9.17) is 9.73 Å². The van der Waals surface area contributed by atoms with Gasteiger partial charge in [0.15, 0.2) is 0 Å². The van der Waals surface area contributed by atoms with Crippen LogP contribution in [0.5, 0.6) is 5.88 Å². The molecule has 0 aliphatic carbocycles. The third-order valence-electron chi connectivity index (χ3n) is 6.13. The number of benzene rings is 2. The molecule has 5 rings (SSSR count). The average Bonchev–Trinajstić information content (AvgIpc) is 3.29. The van der Waals surface area contributed by atoms with Gasteiger partial charge in [-0.05, 0) is 65.6 Å². The highest BCUT2D eigenvalue weighted by Crippen LogP contribution is 2.30. The number of rotatable bonds is 7. The molecule has 0 saturated heterocycles. The molecule has 0 radical (unpaired) electrons. The smallest absolute Gasteiger partial charge is 0.251 e. The summed E-state index contributed by atoms with van der Waals surface area (Å²) >= 11 is 3.27. The second-order valence-electron chi connectivity index (χ2n) is 8.41. The van der Waals surface area contributed by atoms with E-state index >= 15 is 0 Å². The van der Waals surface area contributed by atoms with Gasteiger partial charge in [0, 0.05) is 40.1 Å². The van der Waals surface area contributed by atoms with Gasteiger partial charge in [0.25, 0.3) is 5.56 Å². The summed E-state index contributed by atoms with van der Waals surface area (Å²) in [6.07, 6.45) is 3.34. The molecule has 0 saturated carbocycles. The Morgan fingerprint density at radius 1 is 1.08 bits per heavy atom. The molecule has 3 heterocycles. The standard InChI is InChI=1S/C28H23BrFN3O3/c1-2-36-26-12-19(5-7-31-26)28-24-11-17(3-4-20(24)15-32-28)18-6-8-33(27(35)13-18)25(16-34)21-9-22(29)14-23(30)10-21/h3-14,25,34H,2,15-16H2,1H3/t25-/m1/s1. The summed E-state index contributed by atoms with van der Waals surface area (Å²) < 4.78 is 21.4. The van der Waals surface area contributed by atoms with Gasteiger partial charge in [0.1, 0.15) is 5.82 Å². The highest BCUT2D eigenvalue weighted by atomic mass is 79.9. The van der Waals surface area contributed by atoms with E-state index in [0.717, 1.165) is 33.5 Å². The number of aliphatic hydroxyl groups is 1. The van der Waals surface area contributed by atoms with Crippen LogP contribution in [0, 0.1) is 5.82 Å². The summed E-state index contributed by atoms with van der Waals surface area (Å²) in [5.41, 5.74) is 5.72. The molecular formula is C28H23BrFN3O3. The fourth-order valence-corrected chi connectivity index (χ4v) is 4.93. The van der Waals surface area contributed by atoms with E-state index in [1.807, 2.05) is 43.3 Å². The lowest BCUT2D eigenvalue weighted by Crippen LogP contribution is -2.27. The first-order chi connectivity index (χ1) is 17.5. The van der Waals surface area contributed by atoms with Gasteiger partial charge in [-0.1, -0.05) is 28.1 Å². The number of aliphatic hydroxyl groups excluding tert-OH is 1. The van der Waals surface area contributed by atoms with Gasteiger partial charge in [-0.25, -0.2) is 9.37 Å². The molecule has 1 aliphatic heterocycles. The number of halogens is 2. The molecule has 8 heteroatoms. The number of ether oxygens (including phenoxy) is 1. The summed E-state index contributed by atoms with van der Waals surface area (Å²) in [4.78, 5) is 22.0. The van der Waals surface area contributed by atoms with Crippen molar-refractivity contribution in [2.24, 2.45) is 4.99 Å². The average molecular weight is 548 g/mol. The Morgan fingerprint density at radius 2 is 1.92 bits per heavy atom. The van der Waals surface area contributed by atoms with Crippen molar-refractivity contribution in [3.8, 4) is 17.0 Å². The van der Waals surface area contributed by atoms with Crippen LogP contribution in [0.15, 0.2) is 87.3 Å². The Hall–Kier alpha value is -3.62. The molecule has 36 heavy (non-hydrogen) atoms. The number of aliphatic imine (C=N–C) groups is 1. The van der Waals surface area contributed by atoms with Crippen LogP contribution in [-0.2, 0) is 6.54 Å². The van der Waals surface area contributed by atoms with E-state index in [1.54, 1.807) is 18.5 Å². The van der Waals surface area contributed by atoms with Crippen molar-refractivity contribution in [1.82, 2.24) is 9.55 Å². The molecule has 0 bridgehead atoms. The molecule has 0 fully saturated rings. The predicted octanol–water partition coefficient (Wildman–Crippen LogP) is 5.14. The molecule has 2 aromatic carbocycles. The molecule has 182 valence electrons. The van der Waals surface area contributed by atoms with E-state index in [2.05, 4.69) is 20.9 Å². The van der Waals surface area contributed by atoms with Crippen LogP contribution in [0.2, 0.25) is 0 Å². The summed E-state index contributed by atoms with van der Waals surface area (Å²) in [7, 11) is 0. The normalized spacial score (nSPS) is 13.3. The lowest BCUT2D eigenvalue weighted by atomic mass is 9.96. The van der Waals surface area contributed by atoms with Gasteiger partial charge in [-0.15, -0.1) is 0 Å². The summed E-state index contributed by atoms with van der Waals surface area (Å²) in [6.45, 7) is 2.68. The Balaban J connectivity index is 1.48. The maximum absolute atomic E-state index is 13.9. The van der Waals surface area contributed by atoms with Crippen LogP contribution >= 0.6 is 15.9 Å². The van der Waals surface area contributed by atoms with Crippen LogP contribution < -0.4 is 10.3 Å². The summed E-state index contributed by atoms with van der Waals surface area (Å²) in [5, 5.41) is 10.00. The Labute approximate surface area is 215 Å². The van der Waals surface area contributed by atoms with E-state index in [0.29, 0.717) is 29.1 Å². The fourth-order valence-electron chi connectivity index (χ4n) is 4.44. The molecule has 1 atom stereocenters. The first-order valence-corrected chi connectivity index (χ1v) is 12.3. The maximum Gasteiger partial charge on any atom is 0.251 e. The predicted molar refractivity (Wildman–Crippen MR) is 140 cm³/mol. The van der Waals surface area contributed by atoms with Crippen molar-refractivity contribution in [3.05, 3.63) is 116 Å². The summed E-state index contributed by atoms with van der Waals surface area (Å²) in [6, 6.07) is 16.8. The molecule has 1 N–H and O–H groups in total. The van der Waals surface area contributed by atoms with Gasteiger partial charge < -0.3 is 14.4 Å². The fraction of sp³-hybridized carbons (Fsp3) is 0.179. The monoisotopic (exact) mass is 547 g/mol. The van der Waals surface area contributed by atoms with Gasteiger partial charge in [-0.2, -0.15) is 0 Å². The first kappa shape index (κ1) is 24.1. The number of hydrogen-bond donors (Lipinski definition) is 1. The zero-order valence-electron chi connectivity index (χ0n) is 19.5. The number of aromatic nitrogens is 2. The van der Waals surface area contributed by atoms with Crippen molar-refractivity contribution in [3.63, 3.8) is 0 Å². The largest absolute Gasteiger partial charge is 0.478 e. The second-order valence-corrected chi connectivity index (χ2v) is 9.33. The number of nitrogens with zero attached hydrogens (tertiary/aromatic N) is 3. The van der Waals surface area contributed by atoms with Crippen molar-refractivity contribution >= 4 is 21.6 Å². The van der Waals surface area contributed by atoms with E-state index in [-0.39, 0.29) is 12.2 Å². The Kier molecular flexibility index (Phi) is 6.80. The van der Waals surface area contributed by atoms with Crippen molar-refractivity contribution in [1.29, 1.82) is 0 Å². The molecule has 6 nitrogen and oxygen atoms in total. The number of fused-ring (bicyclic) bond motifs is 1. The maximum atomic E-state index is 13.9. The third-order valence-corrected chi connectivity index (χ3v) is 6.59.